The third-order valence-corrected chi connectivity index (χ3v) is 4.50. The van der Waals surface area contributed by atoms with Crippen LogP contribution in [-0.2, 0) is 0 Å². The van der Waals surface area contributed by atoms with E-state index in [0.29, 0.717) is 17.8 Å². The molecular formula is C17H17N3O3. The number of aromatic nitrogens is 2. The van der Waals surface area contributed by atoms with Crippen molar-refractivity contribution in [1.82, 2.24) is 15.1 Å². The first kappa shape index (κ1) is 14.0. The second-order valence-electron chi connectivity index (χ2n) is 5.91. The van der Waals surface area contributed by atoms with Crippen molar-refractivity contribution in [2.24, 2.45) is 0 Å². The van der Waals surface area contributed by atoms with Crippen molar-refractivity contribution in [2.45, 2.75) is 31.5 Å². The normalized spacial score (nSPS) is 23.7. The quantitative estimate of drug-likeness (QED) is 0.775. The van der Waals surface area contributed by atoms with E-state index in [1.54, 1.807) is 23.1 Å². The van der Waals surface area contributed by atoms with E-state index in [1.807, 2.05) is 31.2 Å². The molecule has 1 fully saturated rings. The number of fused-ring (bicyclic) bond motifs is 1. The van der Waals surface area contributed by atoms with Crippen LogP contribution < -0.4 is 5.32 Å². The van der Waals surface area contributed by atoms with E-state index in [1.165, 1.54) is 0 Å². The van der Waals surface area contributed by atoms with Crippen LogP contribution in [0.2, 0.25) is 0 Å². The third-order valence-electron chi connectivity index (χ3n) is 4.50. The highest BCUT2D eigenvalue weighted by atomic mass is 16.3. The molecule has 2 heterocycles. The fourth-order valence-electron chi connectivity index (χ4n) is 3.20. The van der Waals surface area contributed by atoms with Crippen LogP contribution >= 0.6 is 0 Å². The Morgan fingerprint density at radius 2 is 2.22 bits per heavy atom. The van der Waals surface area contributed by atoms with E-state index in [4.69, 9.17) is 4.42 Å². The van der Waals surface area contributed by atoms with Gasteiger partial charge in [-0.2, -0.15) is 5.10 Å². The van der Waals surface area contributed by atoms with Crippen LogP contribution in [0, 0.1) is 6.92 Å². The number of hydrogen-bond donors (Lipinski definition) is 2. The number of aliphatic hydroxyl groups is 1. The summed E-state index contributed by atoms with van der Waals surface area (Å²) in [4.78, 5) is 12.5. The van der Waals surface area contributed by atoms with Crippen LogP contribution in [0.4, 0.5) is 0 Å². The maximum absolute atomic E-state index is 12.5. The number of nitrogens with one attached hydrogen (secondary N) is 1. The number of aryl methyl sites for hydroxylation is 1. The molecular weight excluding hydrogens is 294 g/mol. The number of rotatable bonds is 3. The summed E-state index contributed by atoms with van der Waals surface area (Å²) in [6.07, 6.45) is 3.46. The minimum atomic E-state index is -0.503. The molecule has 6 nitrogen and oxygen atoms in total. The number of hydrogen-bond acceptors (Lipinski definition) is 4. The van der Waals surface area contributed by atoms with Crippen molar-refractivity contribution < 1.29 is 14.3 Å². The van der Waals surface area contributed by atoms with E-state index in [0.717, 1.165) is 10.9 Å². The van der Waals surface area contributed by atoms with Gasteiger partial charge < -0.3 is 14.8 Å². The zero-order chi connectivity index (χ0) is 16.0. The predicted molar refractivity (Wildman–Crippen MR) is 84.1 cm³/mol. The van der Waals surface area contributed by atoms with Gasteiger partial charge in [0.05, 0.1) is 18.2 Å². The number of aliphatic hydroxyl groups excluding tert-OH is 1. The molecule has 23 heavy (non-hydrogen) atoms. The highest BCUT2D eigenvalue weighted by molar-refractivity contribution is 5.99. The van der Waals surface area contributed by atoms with Gasteiger partial charge in [0.15, 0.2) is 5.76 Å². The van der Waals surface area contributed by atoms with Gasteiger partial charge >= 0.3 is 0 Å². The fraction of sp³-hybridized carbons (Fsp3) is 0.294. The lowest BCUT2D eigenvalue weighted by molar-refractivity contribution is -0.00623. The number of benzene rings is 1. The molecule has 6 heteroatoms. The Bertz CT molecular complexity index is 853. The smallest absolute Gasteiger partial charge is 0.287 e. The fourth-order valence-corrected chi connectivity index (χ4v) is 3.20. The second-order valence-corrected chi connectivity index (χ2v) is 5.91. The monoisotopic (exact) mass is 311 g/mol. The Balaban J connectivity index is 1.56. The van der Waals surface area contributed by atoms with E-state index in [2.05, 4.69) is 10.4 Å². The summed E-state index contributed by atoms with van der Waals surface area (Å²) in [7, 11) is 0. The van der Waals surface area contributed by atoms with E-state index in [9.17, 15) is 9.90 Å². The van der Waals surface area contributed by atoms with Crippen molar-refractivity contribution in [1.29, 1.82) is 0 Å². The third kappa shape index (κ3) is 2.22. The minimum Gasteiger partial charge on any atom is -0.451 e. The molecule has 118 valence electrons. The summed E-state index contributed by atoms with van der Waals surface area (Å²) in [5.41, 5.74) is 1.53. The van der Waals surface area contributed by atoms with E-state index < -0.39 is 6.10 Å². The SMILES string of the molecule is Cc1c(C(=O)N[C@H]2C[C@@H](O)[C@@H]2n2cccn2)oc2ccccc12. The number of amides is 1. The lowest BCUT2D eigenvalue weighted by Crippen LogP contribution is -2.56. The van der Waals surface area contributed by atoms with Crippen LogP contribution in [0.5, 0.6) is 0 Å². The summed E-state index contributed by atoms with van der Waals surface area (Å²) in [5.74, 6) is 0.0690. The van der Waals surface area contributed by atoms with Gasteiger partial charge in [0, 0.05) is 23.3 Å². The molecule has 2 aromatic heterocycles. The summed E-state index contributed by atoms with van der Waals surface area (Å²) < 4.78 is 7.37. The molecule has 4 rings (SSSR count). The van der Waals surface area contributed by atoms with Crippen LogP contribution in [0.3, 0.4) is 0 Å². The topological polar surface area (TPSA) is 80.3 Å². The predicted octanol–water partition coefficient (Wildman–Crippen LogP) is 2.04. The molecule has 1 saturated carbocycles. The average molecular weight is 311 g/mol. The Morgan fingerprint density at radius 3 is 2.91 bits per heavy atom. The molecule has 0 bridgehead atoms. The van der Waals surface area contributed by atoms with Crippen LogP contribution in [0.15, 0.2) is 47.1 Å². The van der Waals surface area contributed by atoms with Crippen molar-refractivity contribution in [3.8, 4) is 0 Å². The zero-order valence-electron chi connectivity index (χ0n) is 12.6. The minimum absolute atomic E-state index is 0.162. The molecule has 0 radical (unpaired) electrons. The van der Waals surface area contributed by atoms with E-state index >= 15 is 0 Å². The second kappa shape index (κ2) is 5.24. The van der Waals surface area contributed by atoms with Gasteiger partial charge in [-0.15, -0.1) is 0 Å². The van der Waals surface area contributed by atoms with Gasteiger partial charge in [-0.25, -0.2) is 0 Å². The van der Waals surface area contributed by atoms with Crippen LogP contribution in [-0.4, -0.2) is 32.9 Å². The summed E-state index contributed by atoms with van der Waals surface area (Å²) >= 11 is 0. The number of carbonyl (C=O) groups is 1. The largest absolute Gasteiger partial charge is 0.451 e. The van der Waals surface area contributed by atoms with Crippen LogP contribution in [0.25, 0.3) is 11.0 Å². The number of furan rings is 1. The van der Waals surface area contributed by atoms with Gasteiger partial charge in [0.2, 0.25) is 0 Å². The average Bonchev–Trinajstić information content (AvgIpc) is 3.15. The molecule has 3 atom stereocenters. The van der Waals surface area contributed by atoms with Gasteiger partial charge in [-0.3, -0.25) is 9.48 Å². The molecule has 1 aliphatic rings. The lowest BCUT2D eigenvalue weighted by Gasteiger charge is -2.41. The molecule has 0 spiro atoms. The van der Waals surface area contributed by atoms with Gasteiger partial charge in [0.1, 0.15) is 5.58 Å². The molecule has 1 aromatic carbocycles. The van der Waals surface area contributed by atoms with Gasteiger partial charge in [-0.1, -0.05) is 18.2 Å². The van der Waals surface area contributed by atoms with E-state index in [-0.39, 0.29) is 18.0 Å². The first-order chi connectivity index (χ1) is 11.1. The molecule has 0 unspecified atom stereocenters. The first-order valence-corrected chi connectivity index (χ1v) is 7.61. The Morgan fingerprint density at radius 1 is 1.39 bits per heavy atom. The van der Waals surface area contributed by atoms with Gasteiger partial charge in [-0.05, 0) is 25.5 Å². The molecule has 0 saturated heterocycles. The molecule has 2 N–H and O–H groups in total. The van der Waals surface area contributed by atoms with Crippen molar-refractivity contribution in [2.75, 3.05) is 0 Å². The first-order valence-electron chi connectivity index (χ1n) is 7.61. The summed E-state index contributed by atoms with van der Waals surface area (Å²) in [6, 6.07) is 8.98. The standard InChI is InChI=1S/C17H17N3O3/c1-10-11-5-2-3-6-14(11)23-16(10)17(22)19-12-9-13(21)15(12)20-8-4-7-18-20/h2-8,12-13,15,21H,9H2,1H3,(H,19,22)/t12-,13+,15+/m0/s1. The molecule has 1 amide bonds. The molecule has 3 aromatic rings. The maximum Gasteiger partial charge on any atom is 0.287 e. The number of para-hydroxylation sites is 1. The maximum atomic E-state index is 12.5. The number of nitrogens with zero attached hydrogens (tertiary/aromatic N) is 2. The lowest BCUT2D eigenvalue weighted by atomic mass is 9.83. The Labute approximate surface area is 132 Å². The highest BCUT2D eigenvalue weighted by Crippen LogP contribution is 2.33. The molecule has 0 aliphatic heterocycles. The zero-order valence-corrected chi connectivity index (χ0v) is 12.6. The van der Waals surface area contributed by atoms with Crippen molar-refractivity contribution >= 4 is 16.9 Å². The number of carbonyl (C=O) groups excluding carboxylic acids is 1. The van der Waals surface area contributed by atoms with Crippen LogP contribution in [0.1, 0.15) is 28.6 Å². The highest BCUT2D eigenvalue weighted by Gasteiger charge is 2.43. The molecule has 1 aliphatic carbocycles. The Kier molecular flexibility index (Phi) is 3.20. The van der Waals surface area contributed by atoms with Crippen molar-refractivity contribution in [3.05, 3.63) is 54.0 Å². The summed E-state index contributed by atoms with van der Waals surface area (Å²) in [5, 5.41) is 18.0. The Hall–Kier alpha value is -2.60. The summed E-state index contributed by atoms with van der Waals surface area (Å²) in [6.45, 7) is 1.88. The van der Waals surface area contributed by atoms with Crippen molar-refractivity contribution in [3.63, 3.8) is 0 Å². The van der Waals surface area contributed by atoms with Gasteiger partial charge in [0.25, 0.3) is 5.91 Å².